The summed E-state index contributed by atoms with van der Waals surface area (Å²) >= 11 is 0. The molecule has 0 spiro atoms. The Balaban J connectivity index is 3.45. The van der Waals surface area contributed by atoms with Crippen molar-refractivity contribution in [1.29, 1.82) is 0 Å². The van der Waals surface area contributed by atoms with Crippen molar-refractivity contribution in [3.8, 4) is 5.75 Å². The van der Waals surface area contributed by atoms with Gasteiger partial charge in [0.25, 0.3) is 0 Å². The third-order valence-electron chi connectivity index (χ3n) is 3.94. The highest BCUT2D eigenvalue weighted by Gasteiger charge is 2.55. The zero-order valence-electron chi connectivity index (χ0n) is 14.7. The van der Waals surface area contributed by atoms with Gasteiger partial charge >= 0.3 is 6.18 Å². The Morgan fingerprint density at radius 2 is 1.92 bits per heavy atom. The molecular formula is C17H25F3N2O2. The van der Waals surface area contributed by atoms with E-state index in [2.05, 4.69) is 4.99 Å². The number of aryl methyl sites for hydroxylation is 1. The van der Waals surface area contributed by atoms with E-state index in [4.69, 9.17) is 4.74 Å². The van der Waals surface area contributed by atoms with Gasteiger partial charge in [-0.05, 0) is 31.9 Å². The highest BCUT2D eigenvalue weighted by molar-refractivity contribution is 5.65. The number of hydrogen-bond acceptors (Lipinski definition) is 3. The second-order valence-electron chi connectivity index (χ2n) is 5.76. The fraction of sp³-hybridized carbons (Fsp3) is 0.588. The second kappa shape index (κ2) is 7.88. The van der Waals surface area contributed by atoms with Gasteiger partial charge in [-0.2, -0.15) is 13.2 Å². The molecule has 0 bridgehead atoms. The molecule has 1 unspecified atom stereocenters. The molecule has 1 aromatic rings. The second-order valence-corrected chi connectivity index (χ2v) is 5.76. The van der Waals surface area contributed by atoms with Crippen LogP contribution >= 0.6 is 0 Å². The molecule has 0 aliphatic heterocycles. The Kier molecular flexibility index (Phi) is 6.66. The molecule has 0 saturated carbocycles. The predicted molar refractivity (Wildman–Crippen MR) is 89.0 cm³/mol. The van der Waals surface area contributed by atoms with Crippen LogP contribution in [0.3, 0.4) is 0 Å². The summed E-state index contributed by atoms with van der Waals surface area (Å²) in [5, 5.41) is 10.4. The average Bonchev–Trinajstić information content (AvgIpc) is 2.52. The minimum atomic E-state index is -4.80. The maximum atomic E-state index is 13.5. The van der Waals surface area contributed by atoms with Crippen LogP contribution in [-0.2, 0) is 5.60 Å². The Labute approximate surface area is 141 Å². The SMILES string of the molecule is CCCC(O)(c1cc(C)c(/N=C/N(C)CC)cc1OC)C(F)(F)F. The van der Waals surface area contributed by atoms with Gasteiger partial charge in [0, 0.05) is 25.2 Å². The minimum Gasteiger partial charge on any atom is -0.496 e. The van der Waals surface area contributed by atoms with E-state index in [0.717, 1.165) is 6.54 Å². The van der Waals surface area contributed by atoms with Gasteiger partial charge in [-0.3, -0.25) is 0 Å². The smallest absolute Gasteiger partial charge is 0.421 e. The van der Waals surface area contributed by atoms with E-state index in [1.165, 1.54) is 19.2 Å². The molecule has 0 heterocycles. The summed E-state index contributed by atoms with van der Waals surface area (Å²) in [6.45, 7) is 5.96. The number of benzene rings is 1. The summed E-state index contributed by atoms with van der Waals surface area (Å²) in [7, 11) is 3.12. The van der Waals surface area contributed by atoms with E-state index in [0.29, 0.717) is 11.3 Å². The lowest BCUT2D eigenvalue weighted by Gasteiger charge is -2.32. The number of halogens is 3. The molecule has 1 atom stereocenters. The maximum Gasteiger partial charge on any atom is 0.421 e. The van der Waals surface area contributed by atoms with E-state index in [-0.39, 0.29) is 17.7 Å². The fourth-order valence-corrected chi connectivity index (χ4v) is 2.34. The molecule has 0 aliphatic rings. The van der Waals surface area contributed by atoms with E-state index < -0.39 is 18.2 Å². The molecule has 24 heavy (non-hydrogen) atoms. The van der Waals surface area contributed by atoms with Crippen LogP contribution in [0.25, 0.3) is 0 Å². The zero-order chi connectivity index (χ0) is 18.5. The Morgan fingerprint density at radius 3 is 2.38 bits per heavy atom. The predicted octanol–water partition coefficient (Wildman–Crippen LogP) is 4.17. The van der Waals surface area contributed by atoms with Gasteiger partial charge in [0.2, 0.25) is 0 Å². The lowest BCUT2D eigenvalue weighted by atomic mass is 9.86. The number of rotatable bonds is 7. The van der Waals surface area contributed by atoms with Gasteiger partial charge in [0.15, 0.2) is 5.60 Å². The summed E-state index contributed by atoms with van der Waals surface area (Å²) in [6, 6.07) is 2.73. The lowest BCUT2D eigenvalue weighted by molar-refractivity contribution is -0.269. The highest BCUT2D eigenvalue weighted by Crippen LogP contribution is 2.47. The summed E-state index contributed by atoms with van der Waals surface area (Å²) in [5.74, 6) is -0.0276. The van der Waals surface area contributed by atoms with Crippen molar-refractivity contribution < 1.29 is 23.0 Å². The van der Waals surface area contributed by atoms with Gasteiger partial charge in [-0.1, -0.05) is 13.3 Å². The fourth-order valence-electron chi connectivity index (χ4n) is 2.34. The van der Waals surface area contributed by atoms with Crippen molar-refractivity contribution in [2.45, 2.75) is 45.4 Å². The first-order chi connectivity index (χ1) is 11.1. The number of alkyl halides is 3. The number of hydrogen-bond donors (Lipinski definition) is 1. The molecule has 1 N–H and O–H groups in total. The first-order valence-corrected chi connectivity index (χ1v) is 7.83. The van der Waals surface area contributed by atoms with Crippen LogP contribution in [-0.4, -0.2) is 43.2 Å². The molecule has 1 aromatic carbocycles. The van der Waals surface area contributed by atoms with Gasteiger partial charge in [-0.15, -0.1) is 0 Å². The topological polar surface area (TPSA) is 45.1 Å². The summed E-state index contributed by atoms with van der Waals surface area (Å²) in [4.78, 5) is 6.11. The molecule has 0 aliphatic carbocycles. The van der Waals surface area contributed by atoms with E-state index >= 15 is 0 Å². The monoisotopic (exact) mass is 346 g/mol. The van der Waals surface area contributed by atoms with Crippen LogP contribution in [0.1, 0.15) is 37.8 Å². The quantitative estimate of drug-likeness (QED) is 0.595. The van der Waals surface area contributed by atoms with Crippen molar-refractivity contribution in [3.63, 3.8) is 0 Å². The largest absolute Gasteiger partial charge is 0.496 e. The number of nitrogens with zero attached hydrogens (tertiary/aromatic N) is 2. The van der Waals surface area contributed by atoms with E-state index in [1.807, 2.05) is 18.9 Å². The van der Waals surface area contributed by atoms with Crippen molar-refractivity contribution in [3.05, 3.63) is 23.3 Å². The van der Waals surface area contributed by atoms with Gasteiger partial charge in [0.05, 0.1) is 19.1 Å². The van der Waals surface area contributed by atoms with Gasteiger partial charge in [0.1, 0.15) is 5.75 Å². The number of methoxy groups -OCH3 is 1. The molecule has 0 radical (unpaired) electrons. The first kappa shape index (κ1) is 20.3. The summed E-state index contributed by atoms with van der Waals surface area (Å²) in [5.41, 5.74) is -2.19. The Morgan fingerprint density at radius 1 is 1.29 bits per heavy atom. The van der Waals surface area contributed by atoms with Crippen LogP contribution in [0, 0.1) is 6.92 Å². The molecule has 0 amide bonds. The van der Waals surface area contributed by atoms with Gasteiger partial charge < -0.3 is 14.7 Å². The highest BCUT2D eigenvalue weighted by atomic mass is 19.4. The summed E-state index contributed by atoms with van der Waals surface area (Å²) in [6.07, 6.45) is -3.45. The first-order valence-electron chi connectivity index (χ1n) is 7.83. The van der Waals surface area contributed by atoms with Crippen molar-refractivity contribution in [2.75, 3.05) is 20.7 Å². The average molecular weight is 346 g/mol. The normalized spacial score (nSPS) is 14.7. The zero-order valence-corrected chi connectivity index (χ0v) is 14.7. The molecular weight excluding hydrogens is 321 g/mol. The number of aliphatic hydroxyl groups is 1. The van der Waals surface area contributed by atoms with E-state index in [1.54, 1.807) is 20.2 Å². The van der Waals surface area contributed by atoms with Crippen LogP contribution in [0.15, 0.2) is 17.1 Å². The third-order valence-corrected chi connectivity index (χ3v) is 3.94. The molecule has 136 valence electrons. The number of ether oxygens (including phenoxy) is 1. The molecule has 0 saturated heterocycles. The Bertz CT molecular complexity index is 588. The third kappa shape index (κ3) is 4.20. The van der Waals surface area contributed by atoms with Crippen molar-refractivity contribution >= 4 is 12.0 Å². The molecule has 0 fully saturated rings. The number of aliphatic imine (C=N–C) groups is 1. The summed E-state index contributed by atoms with van der Waals surface area (Å²) < 4.78 is 45.6. The lowest BCUT2D eigenvalue weighted by Crippen LogP contribution is -2.42. The molecule has 7 heteroatoms. The minimum absolute atomic E-state index is 0.0276. The molecule has 0 aromatic heterocycles. The van der Waals surface area contributed by atoms with E-state index in [9.17, 15) is 18.3 Å². The van der Waals surface area contributed by atoms with Crippen LogP contribution in [0.5, 0.6) is 5.75 Å². The van der Waals surface area contributed by atoms with Crippen molar-refractivity contribution in [1.82, 2.24) is 4.90 Å². The van der Waals surface area contributed by atoms with Crippen molar-refractivity contribution in [2.24, 2.45) is 4.99 Å². The van der Waals surface area contributed by atoms with Gasteiger partial charge in [-0.25, -0.2) is 4.99 Å². The molecule has 4 nitrogen and oxygen atoms in total. The van der Waals surface area contributed by atoms with Crippen LogP contribution < -0.4 is 4.74 Å². The Hall–Kier alpha value is -1.76. The van der Waals surface area contributed by atoms with Crippen LogP contribution in [0.4, 0.5) is 18.9 Å². The molecule has 1 rings (SSSR count). The maximum absolute atomic E-state index is 13.5. The van der Waals surface area contributed by atoms with Crippen LogP contribution in [0.2, 0.25) is 0 Å². The standard InChI is InChI=1S/C17H25F3N2O2/c1-6-8-16(23,17(18,19)20)13-9-12(3)14(10-15(13)24-5)21-11-22(4)7-2/h9-11,23H,6-8H2,1-5H3/b21-11+.